The van der Waals surface area contributed by atoms with Crippen LogP contribution in [0.2, 0.25) is 0 Å². The number of rotatable bonds is 4. The molecule has 0 spiro atoms. The molecule has 0 atom stereocenters. The Morgan fingerprint density at radius 2 is 1.86 bits per heavy atom. The lowest BCUT2D eigenvalue weighted by atomic mass is 10.1. The Bertz CT molecular complexity index is 703. The van der Waals surface area contributed by atoms with E-state index in [0.29, 0.717) is 5.56 Å². The zero-order chi connectivity index (χ0) is 16.3. The first-order valence-corrected chi connectivity index (χ1v) is 6.27. The number of nitrogens with one attached hydrogen (secondary N) is 1. The van der Waals surface area contributed by atoms with Crippen molar-refractivity contribution in [3.63, 3.8) is 0 Å². The van der Waals surface area contributed by atoms with E-state index in [2.05, 4.69) is 11.9 Å². The Balaban J connectivity index is 2.34. The summed E-state index contributed by atoms with van der Waals surface area (Å²) in [6, 6.07) is 4.84. The van der Waals surface area contributed by atoms with Gasteiger partial charge < -0.3 is 5.11 Å². The summed E-state index contributed by atoms with van der Waals surface area (Å²) < 4.78 is 0. The summed E-state index contributed by atoms with van der Waals surface area (Å²) in [6.45, 7) is 3.42. The molecule has 0 aliphatic carbocycles. The number of urea groups is 1. The summed E-state index contributed by atoms with van der Waals surface area (Å²) in [5, 5.41) is 10.9. The quantitative estimate of drug-likeness (QED) is 0.491. The smallest absolute Gasteiger partial charge is 0.335 e. The molecule has 4 amide bonds. The number of carbonyl (C=O) groups excluding carboxylic acids is 3. The third-order valence-electron chi connectivity index (χ3n) is 2.97. The second kappa shape index (κ2) is 6.04. The van der Waals surface area contributed by atoms with Gasteiger partial charge in [-0.05, 0) is 23.8 Å². The van der Waals surface area contributed by atoms with Gasteiger partial charge in [-0.1, -0.05) is 18.2 Å². The van der Waals surface area contributed by atoms with Crippen molar-refractivity contribution in [2.45, 2.75) is 0 Å². The topological polar surface area (TPSA) is 104 Å². The molecular formula is C15H12N2O5. The van der Waals surface area contributed by atoms with E-state index in [4.69, 9.17) is 5.11 Å². The fourth-order valence-corrected chi connectivity index (χ4v) is 1.88. The van der Waals surface area contributed by atoms with E-state index >= 15 is 0 Å². The van der Waals surface area contributed by atoms with E-state index < -0.39 is 23.8 Å². The van der Waals surface area contributed by atoms with E-state index in [1.165, 1.54) is 36.4 Å². The highest BCUT2D eigenvalue weighted by molar-refractivity contribution is 6.31. The van der Waals surface area contributed by atoms with Crippen LogP contribution in [0.25, 0.3) is 6.08 Å². The average Bonchev–Trinajstić information content (AvgIpc) is 2.48. The summed E-state index contributed by atoms with van der Waals surface area (Å²) in [5.41, 5.74) is 0.353. The highest BCUT2D eigenvalue weighted by Crippen LogP contribution is 2.15. The number of hydrogen-bond donors (Lipinski definition) is 2. The largest absolute Gasteiger partial charge is 0.478 e. The molecule has 1 saturated heterocycles. The first-order chi connectivity index (χ1) is 10.4. The van der Waals surface area contributed by atoms with Crippen LogP contribution in [0.3, 0.4) is 0 Å². The van der Waals surface area contributed by atoms with E-state index in [1.54, 1.807) is 0 Å². The third kappa shape index (κ3) is 2.93. The van der Waals surface area contributed by atoms with Crippen LogP contribution in [-0.4, -0.2) is 40.4 Å². The number of amides is 4. The molecule has 0 saturated carbocycles. The van der Waals surface area contributed by atoms with Gasteiger partial charge in [0.25, 0.3) is 11.8 Å². The number of carbonyl (C=O) groups is 4. The van der Waals surface area contributed by atoms with Crippen molar-refractivity contribution in [2.75, 3.05) is 6.54 Å². The van der Waals surface area contributed by atoms with Gasteiger partial charge in [0.15, 0.2) is 0 Å². The standard InChI is InChI=1S/C15H12N2O5/c1-2-7-17-13(19)11(12(18)16-15(17)22)8-9-3-5-10(6-4-9)14(20)21/h2-6,8H,1,7H2,(H,20,21)(H,16,18,22)/b11-8-. The van der Waals surface area contributed by atoms with E-state index in [9.17, 15) is 19.2 Å². The second-order valence-corrected chi connectivity index (χ2v) is 4.45. The minimum Gasteiger partial charge on any atom is -0.478 e. The van der Waals surface area contributed by atoms with Crippen molar-refractivity contribution in [1.82, 2.24) is 10.2 Å². The van der Waals surface area contributed by atoms with Gasteiger partial charge in [0.1, 0.15) is 5.57 Å². The van der Waals surface area contributed by atoms with Gasteiger partial charge in [0.05, 0.1) is 5.56 Å². The van der Waals surface area contributed by atoms with Crippen molar-refractivity contribution in [3.05, 3.63) is 53.6 Å². The molecule has 1 aliphatic rings. The molecule has 2 rings (SSSR count). The van der Waals surface area contributed by atoms with Gasteiger partial charge in [-0.25, -0.2) is 9.59 Å². The number of benzene rings is 1. The van der Waals surface area contributed by atoms with Gasteiger partial charge >= 0.3 is 12.0 Å². The fourth-order valence-electron chi connectivity index (χ4n) is 1.88. The predicted molar refractivity (Wildman–Crippen MR) is 76.8 cm³/mol. The van der Waals surface area contributed by atoms with E-state index in [1.807, 2.05) is 0 Å². The molecule has 7 nitrogen and oxygen atoms in total. The van der Waals surface area contributed by atoms with E-state index in [-0.39, 0.29) is 17.7 Å². The highest BCUT2D eigenvalue weighted by Gasteiger charge is 2.34. The molecule has 22 heavy (non-hydrogen) atoms. The van der Waals surface area contributed by atoms with E-state index in [0.717, 1.165) is 4.90 Å². The van der Waals surface area contributed by atoms with Crippen LogP contribution in [-0.2, 0) is 9.59 Å². The van der Waals surface area contributed by atoms with Gasteiger partial charge in [0.2, 0.25) is 0 Å². The Labute approximate surface area is 125 Å². The fraction of sp³-hybridized carbons (Fsp3) is 0.0667. The zero-order valence-electron chi connectivity index (χ0n) is 11.4. The predicted octanol–water partition coefficient (Wildman–Crippen LogP) is 1.03. The summed E-state index contributed by atoms with van der Waals surface area (Å²) in [7, 11) is 0. The summed E-state index contributed by atoms with van der Waals surface area (Å²) in [6.07, 6.45) is 2.67. The van der Waals surface area contributed by atoms with Gasteiger partial charge in [-0.3, -0.25) is 19.8 Å². The van der Waals surface area contributed by atoms with Crippen LogP contribution in [0.5, 0.6) is 0 Å². The van der Waals surface area contributed by atoms with Crippen LogP contribution in [0, 0.1) is 0 Å². The lowest BCUT2D eigenvalue weighted by Gasteiger charge is -2.25. The zero-order valence-corrected chi connectivity index (χ0v) is 11.4. The SMILES string of the molecule is C=CCN1C(=O)NC(=O)/C(=C/c2ccc(C(=O)O)cc2)C1=O. The number of carboxylic acids is 1. The molecule has 0 radical (unpaired) electrons. The van der Waals surface area contributed by atoms with Crippen molar-refractivity contribution in [3.8, 4) is 0 Å². The summed E-state index contributed by atoms with van der Waals surface area (Å²) in [5.74, 6) is -2.60. The van der Waals surface area contributed by atoms with Crippen molar-refractivity contribution in [2.24, 2.45) is 0 Å². The van der Waals surface area contributed by atoms with Crippen LogP contribution >= 0.6 is 0 Å². The van der Waals surface area contributed by atoms with Gasteiger partial charge in [-0.15, -0.1) is 6.58 Å². The third-order valence-corrected chi connectivity index (χ3v) is 2.97. The van der Waals surface area contributed by atoms with Gasteiger partial charge in [0, 0.05) is 6.54 Å². The molecule has 1 fully saturated rings. The number of carboxylic acid groups (broad SMARTS) is 1. The van der Waals surface area contributed by atoms with Crippen molar-refractivity contribution >= 4 is 29.9 Å². The van der Waals surface area contributed by atoms with Crippen molar-refractivity contribution in [1.29, 1.82) is 0 Å². The maximum Gasteiger partial charge on any atom is 0.335 e. The Hall–Kier alpha value is -3.22. The Morgan fingerprint density at radius 1 is 1.23 bits per heavy atom. The number of imide groups is 2. The molecule has 0 aromatic heterocycles. The minimum absolute atomic E-state index is 0.0206. The molecule has 2 N–H and O–H groups in total. The molecule has 1 aromatic rings. The monoisotopic (exact) mass is 300 g/mol. The number of hydrogen-bond acceptors (Lipinski definition) is 4. The van der Waals surface area contributed by atoms with Gasteiger partial charge in [-0.2, -0.15) is 0 Å². The van der Waals surface area contributed by atoms with Crippen molar-refractivity contribution < 1.29 is 24.3 Å². The maximum absolute atomic E-state index is 12.1. The molecule has 1 heterocycles. The Morgan fingerprint density at radius 3 is 2.41 bits per heavy atom. The first kappa shape index (κ1) is 15.2. The van der Waals surface area contributed by atoms with Crippen LogP contribution in [0.15, 0.2) is 42.5 Å². The van der Waals surface area contributed by atoms with Crippen LogP contribution < -0.4 is 5.32 Å². The first-order valence-electron chi connectivity index (χ1n) is 6.27. The lowest BCUT2D eigenvalue weighted by Crippen LogP contribution is -2.54. The maximum atomic E-state index is 12.1. The average molecular weight is 300 g/mol. The van der Waals surface area contributed by atoms with Crippen LogP contribution in [0.1, 0.15) is 15.9 Å². The normalized spacial score (nSPS) is 16.6. The minimum atomic E-state index is -1.08. The Kier molecular flexibility index (Phi) is 4.17. The molecule has 7 heteroatoms. The molecule has 0 unspecified atom stereocenters. The number of barbiturate groups is 1. The highest BCUT2D eigenvalue weighted by atomic mass is 16.4. The number of nitrogens with zero attached hydrogens (tertiary/aromatic N) is 1. The lowest BCUT2D eigenvalue weighted by molar-refractivity contribution is -0.129. The molecule has 1 aliphatic heterocycles. The second-order valence-electron chi connectivity index (χ2n) is 4.45. The molecule has 1 aromatic carbocycles. The summed E-state index contributed by atoms with van der Waals surface area (Å²) in [4.78, 5) is 47.1. The summed E-state index contributed by atoms with van der Waals surface area (Å²) >= 11 is 0. The molecular weight excluding hydrogens is 288 g/mol. The van der Waals surface area contributed by atoms with Crippen LogP contribution in [0.4, 0.5) is 4.79 Å². The molecule has 112 valence electrons. The number of aromatic carboxylic acids is 1. The molecule has 0 bridgehead atoms.